The smallest absolute Gasteiger partial charge is 0.148 e. The maximum absolute atomic E-state index is 10.5. The van der Waals surface area contributed by atoms with E-state index in [0.717, 1.165) is 50.2 Å². The molecule has 1 aliphatic carbocycles. The number of nitrogens with two attached hydrogens (primary N) is 1. The topological polar surface area (TPSA) is 76.1 Å². The molecule has 0 unspecified atom stereocenters. The van der Waals surface area contributed by atoms with Gasteiger partial charge in [0.25, 0.3) is 0 Å². The highest BCUT2D eigenvalue weighted by Crippen LogP contribution is 2.30. The Kier molecular flexibility index (Phi) is 4.34. The van der Waals surface area contributed by atoms with Gasteiger partial charge in [0, 0.05) is 13.1 Å². The van der Waals surface area contributed by atoms with E-state index in [1.54, 1.807) is 0 Å². The van der Waals surface area contributed by atoms with Crippen molar-refractivity contribution in [2.75, 3.05) is 17.6 Å². The zero-order valence-corrected chi connectivity index (χ0v) is 12.1. The average Bonchev–Trinajstić information content (AvgIpc) is 2.64. The van der Waals surface area contributed by atoms with Gasteiger partial charge in [-0.3, -0.25) is 0 Å². The van der Waals surface area contributed by atoms with Crippen molar-refractivity contribution in [3.63, 3.8) is 0 Å². The van der Waals surface area contributed by atoms with Crippen LogP contribution in [0.2, 0.25) is 0 Å². The van der Waals surface area contributed by atoms with E-state index in [0.29, 0.717) is 12.2 Å². The molecule has 1 saturated carbocycles. The van der Waals surface area contributed by atoms with Crippen LogP contribution in [0.25, 0.3) is 0 Å². The van der Waals surface area contributed by atoms with E-state index in [4.69, 9.17) is 5.73 Å². The molecule has 1 aliphatic rings. The first kappa shape index (κ1) is 14.2. The van der Waals surface area contributed by atoms with Crippen LogP contribution in [0, 0.1) is 6.92 Å². The lowest BCUT2D eigenvalue weighted by Gasteiger charge is -2.32. The minimum absolute atomic E-state index is 0.562. The Morgan fingerprint density at radius 2 is 2.05 bits per heavy atom. The second-order valence-corrected chi connectivity index (χ2v) is 5.71. The maximum Gasteiger partial charge on any atom is 0.148 e. The molecule has 1 aromatic heterocycles. The van der Waals surface area contributed by atoms with Gasteiger partial charge in [0.05, 0.1) is 17.0 Å². The molecule has 5 nitrogen and oxygen atoms in total. The van der Waals surface area contributed by atoms with Crippen LogP contribution in [0.1, 0.15) is 51.1 Å². The van der Waals surface area contributed by atoms with Gasteiger partial charge in [-0.2, -0.15) is 5.10 Å². The van der Waals surface area contributed by atoms with E-state index >= 15 is 0 Å². The Labute approximate surface area is 115 Å². The Morgan fingerprint density at radius 1 is 1.37 bits per heavy atom. The van der Waals surface area contributed by atoms with Gasteiger partial charge in [-0.25, -0.2) is 4.68 Å². The number of hydrogen-bond acceptors (Lipinski definition) is 4. The third-order valence-electron chi connectivity index (χ3n) is 3.98. The molecule has 1 fully saturated rings. The van der Waals surface area contributed by atoms with Crippen molar-refractivity contribution in [2.24, 2.45) is 0 Å². The highest BCUT2D eigenvalue weighted by molar-refractivity contribution is 5.64. The first-order valence-corrected chi connectivity index (χ1v) is 7.35. The SMILES string of the molecule is CCCn1nc(C)c(N)c1NCC1(O)CCCCC1. The largest absolute Gasteiger partial charge is 0.394 e. The number of rotatable bonds is 5. The van der Waals surface area contributed by atoms with Crippen LogP contribution in [-0.2, 0) is 6.54 Å². The zero-order chi connectivity index (χ0) is 13.9. The standard InChI is InChI=1S/C14H26N4O/c1-3-9-18-13(12(15)11(2)17-18)16-10-14(19)7-5-4-6-8-14/h16,19H,3-10,15H2,1-2H3. The summed E-state index contributed by atoms with van der Waals surface area (Å²) < 4.78 is 1.91. The van der Waals surface area contributed by atoms with Crippen LogP contribution in [0.15, 0.2) is 0 Å². The van der Waals surface area contributed by atoms with Gasteiger partial charge in [0.1, 0.15) is 5.82 Å². The predicted molar refractivity (Wildman–Crippen MR) is 78.2 cm³/mol. The molecular formula is C14H26N4O. The molecule has 5 heteroatoms. The molecule has 108 valence electrons. The highest BCUT2D eigenvalue weighted by Gasteiger charge is 2.29. The summed E-state index contributed by atoms with van der Waals surface area (Å²) in [5.41, 5.74) is 7.04. The number of aryl methyl sites for hydroxylation is 2. The summed E-state index contributed by atoms with van der Waals surface area (Å²) in [6, 6.07) is 0. The number of hydrogen-bond donors (Lipinski definition) is 3. The molecule has 1 heterocycles. The van der Waals surface area contributed by atoms with Crippen LogP contribution >= 0.6 is 0 Å². The summed E-state index contributed by atoms with van der Waals surface area (Å²) in [5, 5.41) is 18.3. The number of nitrogen functional groups attached to an aromatic ring is 1. The van der Waals surface area contributed by atoms with Crippen LogP contribution < -0.4 is 11.1 Å². The summed E-state index contributed by atoms with van der Waals surface area (Å²) in [5.74, 6) is 0.860. The Morgan fingerprint density at radius 3 is 2.68 bits per heavy atom. The van der Waals surface area contributed by atoms with Crippen LogP contribution in [0.3, 0.4) is 0 Å². The fraction of sp³-hybridized carbons (Fsp3) is 0.786. The summed E-state index contributed by atoms with van der Waals surface area (Å²) in [6.45, 7) is 5.44. The molecule has 0 amide bonds. The first-order valence-electron chi connectivity index (χ1n) is 7.35. The van der Waals surface area contributed by atoms with Crippen molar-refractivity contribution >= 4 is 11.5 Å². The van der Waals surface area contributed by atoms with E-state index in [1.165, 1.54) is 6.42 Å². The van der Waals surface area contributed by atoms with Gasteiger partial charge in [-0.1, -0.05) is 26.2 Å². The number of nitrogens with zero attached hydrogens (tertiary/aromatic N) is 2. The molecule has 0 aromatic carbocycles. The molecule has 1 aromatic rings. The molecule has 4 N–H and O–H groups in total. The van der Waals surface area contributed by atoms with Crippen molar-refractivity contribution in [3.05, 3.63) is 5.69 Å². The van der Waals surface area contributed by atoms with Crippen LogP contribution in [0.5, 0.6) is 0 Å². The summed E-state index contributed by atoms with van der Waals surface area (Å²) in [4.78, 5) is 0. The Hall–Kier alpha value is -1.23. The van der Waals surface area contributed by atoms with Gasteiger partial charge in [0.15, 0.2) is 0 Å². The minimum atomic E-state index is -0.583. The van der Waals surface area contributed by atoms with Gasteiger partial charge < -0.3 is 16.2 Å². The normalized spacial score (nSPS) is 18.5. The lowest BCUT2D eigenvalue weighted by Crippen LogP contribution is -2.39. The van der Waals surface area contributed by atoms with Gasteiger partial charge in [-0.15, -0.1) is 0 Å². The fourth-order valence-electron chi connectivity index (χ4n) is 2.79. The van der Waals surface area contributed by atoms with E-state index < -0.39 is 5.60 Å². The van der Waals surface area contributed by atoms with Gasteiger partial charge in [-0.05, 0) is 26.2 Å². The second-order valence-electron chi connectivity index (χ2n) is 5.71. The molecule has 0 atom stereocenters. The molecule has 0 radical (unpaired) electrons. The molecule has 0 saturated heterocycles. The molecule has 2 rings (SSSR count). The van der Waals surface area contributed by atoms with E-state index in [-0.39, 0.29) is 0 Å². The van der Waals surface area contributed by atoms with E-state index in [2.05, 4.69) is 17.3 Å². The fourth-order valence-corrected chi connectivity index (χ4v) is 2.79. The highest BCUT2D eigenvalue weighted by atomic mass is 16.3. The molecular weight excluding hydrogens is 240 g/mol. The van der Waals surface area contributed by atoms with Crippen molar-refractivity contribution in [2.45, 2.75) is 64.5 Å². The summed E-state index contributed by atoms with van der Waals surface area (Å²) in [6.07, 6.45) is 6.22. The van der Waals surface area contributed by atoms with Crippen LogP contribution in [0.4, 0.5) is 11.5 Å². The molecule has 0 aliphatic heterocycles. The zero-order valence-electron chi connectivity index (χ0n) is 12.1. The van der Waals surface area contributed by atoms with E-state index in [9.17, 15) is 5.11 Å². The van der Waals surface area contributed by atoms with Gasteiger partial charge >= 0.3 is 0 Å². The second kappa shape index (κ2) is 5.82. The number of aliphatic hydroxyl groups is 1. The van der Waals surface area contributed by atoms with Gasteiger partial charge in [0.2, 0.25) is 0 Å². The first-order chi connectivity index (χ1) is 9.06. The van der Waals surface area contributed by atoms with Crippen molar-refractivity contribution in [1.29, 1.82) is 0 Å². The minimum Gasteiger partial charge on any atom is -0.394 e. The Balaban J connectivity index is 2.05. The average molecular weight is 266 g/mol. The molecule has 19 heavy (non-hydrogen) atoms. The lowest BCUT2D eigenvalue weighted by atomic mass is 9.85. The van der Waals surface area contributed by atoms with Crippen molar-refractivity contribution in [1.82, 2.24) is 9.78 Å². The lowest BCUT2D eigenvalue weighted by molar-refractivity contribution is 0.0166. The Bertz CT molecular complexity index is 421. The maximum atomic E-state index is 10.5. The molecule has 0 spiro atoms. The predicted octanol–water partition coefficient (Wildman–Crippen LogP) is 2.29. The number of nitrogens with one attached hydrogen (secondary N) is 1. The quantitative estimate of drug-likeness (QED) is 0.764. The third-order valence-corrected chi connectivity index (χ3v) is 3.98. The summed E-state index contributed by atoms with van der Waals surface area (Å²) >= 11 is 0. The number of anilines is 2. The number of aromatic nitrogens is 2. The monoisotopic (exact) mass is 266 g/mol. The third kappa shape index (κ3) is 3.21. The van der Waals surface area contributed by atoms with E-state index in [1.807, 2.05) is 11.6 Å². The molecule has 0 bridgehead atoms. The van der Waals surface area contributed by atoms with Crippen molar-refractivity contribution < 1.29 is 5.11 Å². The van der Waals surface area contributed by atoms with Crippen molar-refractivity contribution in [3.8, 4) is 0 Å². The van der Waals surface area contributed by atoms with Crippen LogP contribution in [-0.4, -0.2) is 27.0 Å². The summed E-state index contributed by atoms with van der Waals surface area (Å²) in [7, 11) is 0.